The van der Waals surface area contributed by atoms with Crippen molar-refractivity contribution in [3.05, 3.63) is 28.0 Å². The van der Waals surface area contributed by atoms with Crippen molar-refractivity contribution in [3.63, 3.8) is 0 Å². The summed E-state index contributed by atoms with van der Waals surface area (Å²) in [4.78, 5) is 23.0. The van der Waals surface area contributed by atoms with Gasteiger partial charge in [0.05, 0.1) is 17.9 Å². The van der Waals surface area contributed by atoms with Crippen LogP contribution in [-0.2, 0) is 9.53 Å². The van der Waals surface area contributed by atoms with E-state index in [0.717, 1.165) is 11.2 Å². The van der Waals surface area contributed by atoms with Gasteiger partial charge in [-0.15, -0.1) is 11.3 Å². The molecule has 0 aromatic carbocycles. The van der Waals surface area contributed by atoms with Crippen LogP contribution < -0.4 is 0 Å². The van der Waals surface area contributed by atoms with Crippen molar-refractivity contribution >= 4 is 29.7 Å². The molecule has 1 aromatic heterocycles. The van der Waals surface area contributed by atoms with Gasteiger partial charge in [-0.3, -0.25) is 9.59 Å². The van der Waals surface area contributed by atoms with Gasteiger partial charge in [-0.1, -0.05) is 6.08 Å². The molecule has 0 N–H and O–H groups in total. The Bertz CT molecular complexity index is 366. The lowest BCUT2D eigenvalue weighted by Gasteiger charge is -1.95. The van der Waals surface area contributed by atoms with Gasteiger partial charge in [0, 0.05) is 4.88 Å². The first-order valence-electron chi connectivity index (χ1n) is 4.63. The number of ether oxygens (including phenoxy) is 1. The summed E-state index contributed by atoms with van der Waals surface area (Å²) in [5, 5.41) is 0. The van der Waals surface area contributed by atoms with E-state index < -0.39 is 0 Å². The molecule has 1 heterocycles. The molecule has 3 nitrogen and oxygen atoms in total. The predicted molar refractivity (Wildman–Crippen MR) is 60.0 cm³/mol. The quantitative estimate of drug-likeness (QED) is 0.570. The number of hydrogen-bond acceptors (Lipinski definition) is 4. The van der Waals surface area contributed by atoms with Crippen LogP contribution in [0.5, 0.6) is 0 Å². The van der Waals surface area contributed by atoms with Crippen molar-refractivity contribution < 1.29 is 14.3 Å². The minimum absolute atomic E-state index is 0.235. The number of carbonyl (C=O) groups excluding carboxylic acids is 2. The van der Waals surface area contributed by atoms with Crippen molar-refractivity contribution in [2.24, 2.45) is 0 Å². The number of aldehydes is 1. The van der Waals surface area contributed by atoms with E-state index in [2.05, 4.69) is 0 Å². The van der Waals surface area contributed by atoms with Gasteiger partial charge in [0.25, 0.3) is 0 Å². The van der Waals surface area contributed by atoms with Crippen molar-refractivity contribution in [1.82, 2.24) is 0 Å². The van der Waals surface area contributed by atoms with Crippen LogP contribution in [0.3, 0.4) is 0 Å². The fourth-order valence-electron chi connectivity index (χ4n) is 1.01. The lowest BCUT2D eigenvalue weighted by Crippen LogP contribution is -2.01. The number of thiophene rings is 1. The Labute approximate surface area is 92.4 Å². The molecular formula is C11H12O3S. The summed E-state index contributed by atoms with van der Waals surface area (Å²) in [5.74, 6) is -0.235. The average molecular weight is 224 g/mol. The van der Waals surface area contributed by atoms with Crippen molar-refractivity contribution in [2.45, 2.75) is 13.3 Å². The fraction of sp³-hybridized carbons (Fsp3) is 0.273. The van der Waals surface area contributed by atoms with Crippen molar-refractivity contribution in [2.75, 3.05) is 6.61 Å². The molecule has 1 aromatic rings. The van der Waals surface area contributed by atoms with Gasteiger partial charge in [0.2, 0.25) is 0 Å². The second-order valence-electron chi connectivity index (χ2n) is 2.77. The Hall–Kier alpha value is -1.42. The fourth-order valence-corrected chi connectivity index (χ4v) is 1.77. The predicted octanol–water partition coefficient (Wildman–Crippen LogP) is 2.53. The Morgan fingerprint density at radius 2 is 2.20 bits per heavy atom. The summed E-state index contributed by atoms with van der Waals surface area (Å²) >= 11 is 1.39. The molecular weight excluding hydrogens is 212 g/mol. The van der Waals surface area contributed by atoms with E-state index in [0.29, 0.717) is 11.5 Å². The Kier molecular flexibility index (Phi) is 4.77. The Morgan fingerprint density at radius 1 is 1.47 bits per heavy atom. The molecule has 0 bridgehead atoms. The van der Waals surface area contributed by atoms with Gasteiger partial charge >= 0.3 is 5.97 Å². The number of carbonyl (C=O) groups is 2. The van der Waals surface area contributed by atoms with Crippen LogP contribution in [0.2, 0.25) is 0 Å². The molecule has 80 valence electrons. The largest absolute Gasteiger partial charge is 0.466 e. The van der Waals surface area contributed by atoms with Gasteiger partial charge in [-0.2, -0.15) is 0 Å². The molecule has 0 aliphatic rings. The highest BCUT2D eigenvalue weighted by atomic mass is 32.1. The molecule has 0 amide bonds. The first kappa shape index (κ1) is 11.7. The summed E-state index contributed by atoms with van der Waals surface area (Å²) in [5.41, 5.74) is 0. The number of esters is 1. The van der Waals surface area contributed by atoms with Gasteiger partial charge in [-0.05, 0) is 25.1 Å². The molecule has 4 heteroatoms. The van der Waals surface area contributed by atoms with E-state index in [4.69, 9.17) is 4.74 Å². The molecule has 0 aliphatic heterocycles. The highest BCUT2D eigenvalue weighted by molar-refractivity contribution is 7.14. The SMILES string of the molecule is CCOC(=O)CC=Cc1ccc(C=O)s1. The zero-order chi connectivity index (χ0) is 11.1. The van der Waals surface area contributed by atoms with E-state index in [-0.39, 0.29) is 12.4 Å². The monoisotopic (exact) mass is 224 g/mol. The topological polar surface area (TPSA) is 43.4 Å². The summed E-state index contributed by atoms with van der Waals surface area (Å²) in [6, 6.07) is 3.59. The third-order valence-corrected chi connectivity index (χ3v) is 2.61. The van der Waals surface area contributed by atoms with Crippen molar-refractivity contribution in [1.29, 1.82) is 0 Å². The molecule has 15 heavy (non-hydrogen) atoms. The molecule has 0 fully saturated rings. The zero-order valence-electron chi connectivity index (χ0n) is 8.43. The second kappa shape index (κ2) is 6.14. The standard InChI is InChI=1S/C11H12O3S/c1-2-14-11(13)5-3-4-9-6-7-10(8-12)15-9/h3-4,6-8H,2,5H2,1H3. The van der Waals surface area contributed by atoms with Gasteiger partial charge < -0.3 is 4.74 Å². The van der Waals surface area contributed by atoms with Crippen LogP contribution in [-0.4, -0.2) is 18.9 Å². The minimum atomic E-state index is -0.235. The van der Waals surface area contributed by atoms with Crippen molar-refractivity contribution in [3.8, 4) is 0 Å². The zero-order valence-corrected chi connectivity index (χ0v) is 9.25. The van der Waals surface area contributed by atoms with Crippen LogP contribution in [0.15, 0.2) is 18.2 Å². The Balaban J connectivity index is 2.44. The molecule has 0 unspecified atom stereocenters. The van der Waals surface area contributed by atoms with Crippen LogP contribution in [0.1, 0.15) is 27.9 Å². The van der Waals surface area contributed by atoms with Gasteiger partial charge in [0.1, 0.15) is 0 Å². The van der Waals surface area contributed by atoms with E-state index in [1.54, 1.807) is 19.1 Å². The number of hydrogen-bond donors (Lipinski definition) is 0. The molecule has 1 rings (SSSR count). The highest BCUT2D eigenvalue weighted by Crippen LogP contribution is 2.16. The van der Waals surface area contributed by atoms with Gasteiger partial charge in [0.15, 0.2) is 6.29 Å². The smallest absolute Gasteiger partial charge is 0.309 e. The average Bonchev–Trinajstić information content (AvgIpc) is 2.66. The maximum atomic E-state index is 11.0. The minimum Gasteiger partial charge on any atom is -0.466 e. The summed E-state index contributed by atoms with van der Waals surface area (Å²) in [7, 11) is 0. The lowest BCUT2D eigenvalue weighted by molar-refractivity contribution is -0.142. The van der Waals surface area contributed by atoms with E-state index in [9.17, 15) is 9.59 Å². The molecule has 0 aliphatic carbocycles. The summed E-state index contributed by atoms with van der Waals surface area (Å²) < 4.78 is 4.76. The third-order valence-electron chi connectivity index (χ3n) is 1.64. The van der Waals surface area contributed by atoms with Crippen LogP contribution >= 0.6 is 11.3 Å². The first-order chi connectivity index (χ1) is 7.26. The molecule has 0 spiro atoms. The first-order valence-corrected chi connectivity index (χ1v) is 5.45. The van der Waals surface area contributed by atoms with Gasteiger partial charge in [-0.25, -0.2) is 0 Å². The maximum absolute atomic E-state index is 11.0. The van der Waals surface area contributed by atoms with Crippen LogP contribution in [0.25, 0.3) is 6.08 Å². The van der Waals surface area contributed by atoms with E-state index in [1.807, 2.05) is 12.1 Å². The summed E-state index contributed by atoms with van der Waals surface area (Å²) in [6.07, 6.45) is 4.63. The molecule has 0 atom stereocenters. The third kappa shape index (κ3) is 4.08. The van der Waals surface area contributed by atoms with E-state index >= 15 is 0 Å². The molecule has 0 saturated carbocycles. The molecule has 0 saturated heterocycles. The van der Waals surface area contributed by atoms with E-state index in [1.165, 1.54) is 11.3 Å². The maximum Gasteiger partial charge on any atom is 0.309 e. The molecule has 0 radical (unpaired) electrons. The summed E-state index contributed by atoms with van der Waals surface area (Å²) in [6.45, 7) is 2.18. The van der Waals surface area contributed by atoms with Crippen LogP contribution in [0, 0.1) is 0 Å². The highest BCUT2D eigenvalue weighted by Gasteiger charge is 1.98. The number of rotatable bonds is 5. The van der Waals surface area contributed by atoms with Crippen LogP contribution in [0.4, 0.5) is 0 Å². The lowest BCUT2D eigenvalue weighted by atomic mass is 10.3. The Morgan fingerprint density at radius 3 is 2.80 bits per heavy atom. The normalized spacial score (nSPS) is 10.5. The second-order valence-corrected chi connectivity index (χ2v) is 3.92.